The number of rotatable bonds is 9. The van der Waals surface area contributed by atoms with Gasteiger partial charge >= 0.3 is 0 Å². The van der Waals surface area contributed by atoms with Crippen molar-refractivity contribution in [3.63, 3.8) is 0 Å². The maximum absolute atomic E-state index is 11.2. The Hall–Kier alpha value is -1.31. The Kier molecular flexibility index (Phi) is 7.35. The van der Waals surface area contributed by atoms with Gasteiger partial charge in [0.1, 0.15) is 11.5 Å². The van der Waals surface area contributed by atoms with Crippen LogP contribution < -0.4 is 4.74 Å². The second-order valence-electron chi connectivity index (χ2n) is 4.44. The first kappa shape index (κ1) is 16.7. The Morgan fingerprint density at radius 2 is 2.05 bits per heavy atom. The van der Waals surface area contributed by atoms with Gasteiger partial charge in [-0.1, -0.05) is 11.2 Å². The van der Waals surface area contributed by atoms with Gasteiger partial charge in [-0.05, 0) is 25.3 Å². The summed E-state index contributed by atoms with van der Waals surface area (Å²) in [4.78, 5) is 10.4. The minimum atomic E-state index is -1.06. The van der Waals surface area contributed by atoms with E-state index in [2.05, 4.69) is 0 Å². The first-order chi connectivity index (χ1) is 9.52. The van der Waals surface area contributed by atoms with Gasteiger partial charge in [-0.15, -0.1) is 0 Å². The summed E-state index contributed by atoms with van der Waals surface area (Å²) in [5, 5.41) is 19.5. The van der Waals surface area contributed by atoms with E-state index in [1.165, 1.54) is 12.1 Å². The zero-order valence-electron chi connectivity index (χ0n) is 11.4. The molecule has 0 heterocycles. The number of aliphatic hydroxyl groups excluding tert-OH is 1. The Balaban J connectivity index is 2.68. The Labute approximate surface area is 121 Å². The summed E-state index contributed by atoms with van der Waals surface area (Å²) in [7, 11) is 0. The molecule has 0 spiro atoms. The van der Waals surface area contributed by atoms with Crippen molar-refractivity contribution in [2.24, 2.45) is 0 Å². The minimum absolute atomic E-state index is 0.0571. The molecular formula is C13H19NO5S. The summed E-state index contributed by atoms with van der Waals surface area (Å²) in [6, 6.07) is 4.47. The van der Waals surface area contributed by atoms with E-state index in [1.807, 2.05) is 0 Å². The molecule has 112 valence electrons. The smallest absolute Gasteiger partial charge is 0.273 e. The zero-order valence-corrected chi connectivity index (χ0v) is 12.2. The van der Waals surface area contributed by atoms with Crippen LogP contribution >= 0.6 is 0 Å². The number of unbranched alkanes of at least 4 members (excludes halogenated alkanes) is 2. The lowest BCUT2D eigenvalue weighted by molar-refractivity contribution is -0.385. The molecular weight excluding hydrogens is 282 g/mol. The molecule has 7 heteroatoms. The van der Waals surface area contributed by atoms with Gasteiger partial charge in [0.25, 0.3) is 5.69 Å². The third-order valence-electron chi connectivity index (χ3n) is 2.60. The molecule has 6 nitrogen and oxygen atoms in total. The highest BCUT2D eigenvalue weighted by atomic mass is 32.2. The maximum Gasteiger partial charge on any atom is 0.273 e. The molecule has 1 atom stereocenters. The zero-order chi connectivity index (χ0) is 15.0. The normalized spacial score (nSPS) is 12.2. The molecule has 1 rings (SSSR count). The summed E-state index contributed by atoms with van der Waals surface area (Å²) in [6.07, 6.45) is 3.89. The molecule has 1 aromatic rings. The van der Waals surface area contributed by atoms with E-state index < -0.39 is 16.1 Å². The number of ether oxygens (including phenoxy) is 1. The Bertz CT molecular complexity index is 439. The fourth-order valence-corrected chi connectivity index (χ4v) is 2.37. The van der Waals surface area contributed by atoms with Crippen molar-refractivity contribution in [3.8, 4) is 5.75 Å². The first-order valence-electron chi connectivity index (χ1n) is 6.35. The predicted molar refractivity (Wildman–Crippen MR) is 77.3 cm³/mol. The second-order valence-corrected chi connectivity index (χ2v) is 5.88. The highest BCUT2D eigenvalue weighted by Crippen LogP contribution is 2.24. The Morgan fingerprint density at radius 1 is 1.30 bits per heavy atom. The average molecular weight is 301 g/mol. The highest BCUT2D eigenvalue weighted by molar-refractivity contribution is 7.89. The number of hydrogen-bond acceptors (Lipinski definition) is 5. The van der Waals surface area contributed by atoms with Crippen molar-refractivity contribution in [1.82, 2.24) is 0 Å². The van der Waals surface area contributed by atoms with Gasteiger partial charge in [0, 0.05) is 18.2 Å². The van der Waals surface area contributed by atoms with Gasteiger partial charge in [-0.2, -0.15) is 0 Å². The molecule has 0 saturated carbocycles. The van der Waals surface area contributed by atoms with Gasteiger partial charge in [-0.25, -0.2) is 0 Å². The molecule has 0 aliphatic carbocycles. The van der Waals surface area contributed by atoms with E-state index in [4.69, 9.17) is 9.84 Å². The SMILES string of the molecule is C[S+]([O-])Cc1cc(OCCCCCO)cc([N+](=O)[O-])c1. The number of benzene rings is 1. The van der Waals surface area contributed by atoms with Crippen LogP contribution in [0, 0.1) is 10.1 Å². The number of aliphatic hydroxyl groups is 1. The topological polar surface area (TPSA) is 95.7 Å². The van der Waals surface area contributed by atoms with E-state index >= 15 is 0 Å². The Morgan fingerprint density at radius 3 is 2.65 bits per heavy atom. The largest absolute Gasteiger partial charge is 0.616 e. The lowest BCUT2D eigenvalue weighted by Gasteiger charge is -2.09. The van der Waals surface area contributed by atoms with Crippen LogP contribution in [0.2, 0.25) is 0 Å². The van der Waals surface area contributed by atoms with Crippen molar-refractivity contribution in [3.05, 3.63) is 33.9 Å². The molecule has 0 aliphatic rings. The van der Waals surface area contributed by atoms with Crippen molar-refractivity contribution in [2.45, 2.75) is 25.0 Å². The lowest BCUT2D eigenvalue weighted by atomic mass is 10.2. The van der Waals surface area contributed by atoms with Crippen LogP contribution in [0.5, 0.6) is 5.75 Å². The van der Waals surface area contributed by atoms with E-state index in [0.717, 1.165) is 19.3 Å². The monoisotopic (exact) mass is 301 g/mol. The van der Waals surface area contributed by atoms with Crippen molar-refractivity contribution >= 4 is 16.9 Å². The number of nitro groups is 1. The number of non-ortho nitro benzene ring substituents is 1. The lowest BCUT2D eigenvalue weighted by Crippen LogP contribution is -2.03. The van der Waals surface area contributed by atoms with E-state index in [1.54, 1.807) is 12.3 Å². The third kappa shape index (κ3) is 6.23. The van der Waals surface area contributed by atoms with E-state index in [-0.39, 0.29) is 18.0 Å². The van der Waals surface area contributed by atoms with Crippen molar-refractivity contribution in [2.75, 3.05) is 19.5 Å². The van der Waals surface area contributed by atoms with Gasteiger partial charge in [0.05, 0.1) is 23.9 Å². The molecule has 0 amide bonds. The van der Waals surface area contributed by atoms with Crippen LogP contribution in [0.1, 0.15) is 24.8 Å². The maximum atomic E-state index is 11.2. The molecule has 0 saturated heterocycles. The van der Waals surface area contributed by atoms with Gasteiger partial charge in [-0.3, -0.25) is 10.1 Å². The van der Waals surface area contributed by atoms with Crippen molar-refractivity contribution in [1.29, 1.82) is 0 Å². The molecule has 0 fully saturated rings. The summed E-state index contributed by atoms with van der Waals surface area (Å²) in [5.74, 6) is 0.686. The second kappa shape index (κ2) is 8.78. The summed E-state index contributed by atoms with van der Waals surface area (Å²) >= 11 is -1.06. The number of nitrogens with zero attached hydrogens (tertiary/aromatic N) is 1. The standard InChI is InChI=1S/C13H19NO5S/c1-20(18)10-11-7-12(14(16)17)9-13(8-11)19-6-4-2-3-5-15/h7-9,15H,2-6,10H2,1H3. The third-order valence-corrected chi connectivity index (χ3v) is 3.34. The highest BCUT2D eigenvalue weighted by Gasteiger charge is 2.13. The van der Waals surface area contributed by atoms with E-state index in [9.17, 15) is 14.7 Å². The van der Waals surface area contributed by atoms with Gasteiger partial charge in [0.2, 0.25) is 0 Å². The number of hydrogen-bond donors (Lipinski definition) is 1. The summed E-state index contributed by atoms with van der Waals surface area (Å²) in [5.41, 5.74) is 0.573. The fraction of sp³-hybridized carbons (Fsp3) is 0.538. The average Bonchev–Trinajstić information content (AvgIpc) is 2.37. The van der Waals surface area contributed by atoms with Crippen LogP contribution in [-0.4, -0.2) is 34.1 Å². The molecule has 0 radical (unpaired) electrons. The summed E-state index contributed by atoms with van der Waals surface area (Å²) < 4.78 is 16.7. The quantitative estimate of drug-likeness (QED) is 0.326. The van der Waals surface area contributed by atoms with Crippen LogP contribution in [0.25, 0.3) is 0 Å². The van der Waals surface area contributed by atoms with Crippen LogP contribution in [0.4, 0.5) is 5.69 Å². The van der Waals surface area contributed by atoms with Crippen LogP contribution in [0.15, 0.2) is 18.2 Å². The molecule has 1 unspecified atom stereocenters. The van der Waals surface area contributed by atoms with Crippen molar-refractivity contribution < 1.29 is 19.3 Å². The molecule has 0 aliphatic heterocycles. The predicted octanol–water partition coefficient (Wildman–Crippen LogP) is 2.01. The molecule has 1 aromatic carbocycles. The van der Waals surface area contributed by atoms with Crippen LogP contribution in [-0.2, 0) is 16.9 Å². The molecule has 0 bridgehead atoms. The molecule has 20 heavy (non-hydrogen) atoms. The molecule has 0 aromatic heterocycles. The van der Waals surface area contributed by atoms with Crippen LogP contribution in [0.3, 0.4) is 0 Å². The van der Waals surface area contributed by atoms with Gasteiger partial charge in [0.15, 0.2) is 0 Å². The first-order valence-corrected chi connectivity index (χ1v) is 8.07. The molecule has 1 N–H and O–H groups in total. The van der Waals surface area contributed by atoms with Gasteiger partial charge < -0.3 is 14.4 Å². The fourth-order valence-electron chi connectivity index (χ4n) is 1.73. The minimum Gasteiger partial charge on any atom is -0.616 e. The number of nitro benzene ring substituents is 1. The summed E-state index contributed by atoms with van der Waals surface area (Å²) in [6.45, 7) is 0.596. The van der Waals surface area contributed by atoms with E-state index in [0.29, 0.717) is 17.9 Å².